The van der Waals surface area contributed by atoms with Gasteiger partial charge >= 0.3 is 0 Å². The summed E-state index contributed by atoms with van der Waals surface area (Å²) in [6, 6.07) is 0. The summed E-state index contributed by atoms with van der Waals surface area (Å²) in [5, 5.41) is 0.696. The van der Waals surface area contributed by atoms with Gasteiger partial charge in [-0.15, -0.1) is 0 Å². The van der Waals surface area contributed by atoms with E-state index in [1.54, 1.807) is 0 Å². The predicted molar refractivity (Wildman–Crippen MR) is 77.5 cm³/mol. The smallest absolute Gasteiger partial charge is 0.0447 e. The molecule has 1 saturated carbocycles. The van der Waals surface area contributed by atoms with Crippen LogP contribution in [0.2, 0.25) is 0 Å². The molecule has 0 aromatic carbocycles. The summed E-state index contributed by atoms with van der Waals surface area (Å²) in [5.41, 5.74) is 6.47. The third kappa shape index (κ3) is 2.66. The first-order valence-electron chi connectivity index (χ1n) is 7.29. The molecule has 0 amide bonds. The topological polar surface area (TPSA) is 29.3 Å². The van der Waals surface area contributed by atoms with E-state index in [0.29, 0.717) is 5.25 Å². The second kappa shape index (κ2) is 5.94. The van der Waals surface area contributed by atoms with Gasteiger partial charge in [0.2, 0.25) is 0 Å². The number of rotatable bonds is 5. The highest BCUT2D eigenvalue weighted by Crippen LogP contribution is 2.39. The van der Waals surface area contributed by atoms with E-state index in [-0.39, 0.29) is 5.54 Å². The van der Waals surface area contributed by atoms with Crippen LogP contribution in [0.4, 0.5) is 0 Å². The summed E-state index contributed by atoms with van der Waals surface area (Å²) in [7, 11) is 0. The molecule has 2 aliphatic rings. The van der Waals surface area contributed by atoms with Crippen molar-refractivity contribution in [1.82, 2.24) is 4.90 Å². The number of hydrogen-bond acceptors (Lipinski definition) is 3. The lowest BCUT2D eigenvalue weighted by atomic mass is 9.81. The summed E-state index contributed by atoms with van der Waals surface area (Å²) < 4.78 is 0. The van der Waals surface area contributed by atoms with Crippen LogP contribution in [-0.4, -0.2) is 41.1 Å². The van der Waals surface area contributed by atoms with Crippen LogP contribution < -0.4 is 5.73 Å². The van der Waals surface area contributed by atoms with Crippen LogP contribution in [0.25, 0.3) is 0 Å². The molecule has 2 rings (SSSR count). The van der Waals surface area contributed by atoms with Gasteiger partial charge in [-0.1, -0.05) is 20.3 Å². The average Bonchev–Trinajstić information content (AvgIpc) is 2.30. The molecule has 17 heavy (non-hydrogen) atoms. The highest BCUT2D eigenvalue weighted by molar-refractivity contribution is 8.00. The van der Waals surface area contributed by atoms with Crippen molar-refractivity contribution in [2.45, 2.75) is 56.7 Å². The molecule has 0 bridgehead atoms. The highest BCUT2D eigenvalue weighted by atomic mass is 32.2. The fourth-order valence-electron chi connectivity index (χ4n) is 3.42. The molecule has 0 spiro atoms. The zero-order chi connectivity index (χ0) is 12.3. The van der Waals surface area contributed by atoms with Crippen molar-refractivity contribution < 1.29 is 0 Å². The number of likely N-dealkylation sites (N-methyl/N-ethyl adjacent to an activating group) is 1. The zero-order valence-corrected chi connectivity index (χ0v) is 12.3. The highest BCUT2D eigenvalue weighted by Gasteiger charge is 2.42. The van der Waals surface area contributed by atoms with Crippen LogP contribution in [0.3, 0.4) is 0 Å². The van der Waals surface area contributed by atoms with E-state index in [1.165, 1.54) is 50.9 Å². The van der Waals surface area contributed by atoms with Gasteiger partial charge in [0.15, 0.2) is 0 Å². The fourth-order valence-corrected chi connectivity index (χ4v) is 4.76. The number of nitrogens with two attached hydrogens (primary N) is 1. The largest absolute Gasteiger partial charge is 0.329 e. The second-order valence-corrected chi connectivity index (χ2v) is 7.21. The van der Waals surface area contributed by atoms with E-state index >= 15 is 0 Å². The van der Waals surface area contributed by atoms with Crippen molar-refractivity contribution in [3.63, 3.8) is 0 Å². The first-order valence-corrected chi connectivity index (χ1v) is 8.34. The van der Waals surface area contributed by atoms with Crippen molar-refractivity contribution in [3.05, 3.63) is 0 Å². The Labute approximate surface area is 111 Å². The van der Waals surface area contributed by atoms with Crippen molar-refractivity contribution >= 4 is 11.8 Å². The van der Waals surface area contributed by atoms with Crippen LogP contribution in [0.5, 0.6) is 0 Å². The van der Waals surface area contributed by atoms with Gasteiger partial charge in [0, 0.05) is 23.9 Å². The molecule has 0 radical (unpaired) electrons. The van der Waals surface area contributed by atoms with Crippen LogP contribution in [-0.2, 0) is 0 Å². The number of nitrogens with zero attached hydrogens (tertiary/aromatic N) is 1. The van der Waals surface area contributed by atoms with Crippen LogP contribution in [0, 0.1) is 5.92 Å². The molecule has 1 saturated heterocycles. The van der Waals surface area contributed by atoms with Gasteiger partial charge in [-0.05, 0) is 43.9 Å². The number of hydrogen-bond donors (Lipinski definition) is 1. The Balaban J connectivity index is 2.06. The maximum atomic E-state index is 6.19. The molecule has 2 unspecified atom stereocenters. The Morgan fingerprint density at radius 1 is 1.35 bits per heavy atom. The summed E-state index contributed by atoms with van der Waals surface area (Å²) in [5.74, 6) is 2.28. The summed E-state index contributed by atoms with van der Waals surface area (Å²) >= 11 is 2.12. The van der Waals surface area contributed by atoms with Crippen LogP contribution in [0.15, 0.2) is 0 Å². The Hall–Kier alpha value is 0.270. The van der Waals surface area contributed by atoms with Crippen molar-refractivity contribution in [2.24, 2.45) is 11.7 Å². The van der Waals surface area contributed by atoms with Gasteiger partial charge in [-0.3, -0.25) is 4.90 Å². The minimum atomic E-state index is 0.285. The molecule has 1 heterocycles. The quantitative estimate of drug-likeness (QED) is 0.820. The molecule has 0 aromatic heterocycles. The molecule has 2 N–H and O–H groups in total. The fraction of sp³-hybridized carbons (Fsp3) is 1.00. The molecular weight excluding hydrogens is 228 g/mol. The molecule has 1 aliphatic carbocycles. The van der Waals surface area contributed by atoms with Gasteiger partial charge in [-0.2, -0.15) is 11.8 Å². The van der Waals surface area contributed by atoms with Crippen molar-refractivity contribution in [2.75, 3.05) is 25.4 Å². The number of thioether (sulfide) groups is 1. The lowest BCUT2D eigenvalue weighted by molar-refractivity contribution is 0.0542. The SMILES string of the molecule is CCN(CC1CCC1)C1(CN)CCCSC1C. The maximum Gasteiger partial charge on any atom is 0.0447 e. The van der Waals surface area contributed by atoms with E-state index in [0.717, 1.165) is 12.5 Å². The van der Waals surface area contributed by atoms with E-state index in [2.05, 4.69) is 30.5 Å². The molecule has 2 fully saturated rings. The van der Waals surface area contributed by atoms with Gasteiger partial charge in [0.1, 0.15) is 0 Å². The Morgan fingerprint density at radius 3 is 2.59 bits per heavy atom. The third-order valence-electron chi connectivity index (χ3n) is 4.95. The summed E-state index contributed by atoms with van der Waals surface area (Å²) in [6.45, 7) is 7.99. The normalized spacial score (nSPS) is 34.9. The van der Waals surface area contributed by atoms with E-state index < -0.39 is 0 Å². The summed E-state index contributed by atoms with van der Waals surface area (Å²) in [4.78, 5) is 2.72. The predicted octanol–water partition coefficient (Wildman–Crippen LogP) is 2.72. The van der Waals surface area contributed by atoms with Crippen molar-refractivity contribution in [1.29, 1.82) is 0 Å². The Kier molecular flexibility index (Phi) is 4.79. The Bertz CT molecular complexity index is 242. The molecular formula is C14H28N2S. The van der Waals surface area contributed by atoms with E-state index in [4.69, 9.17) is 5.73 Å². The monoisotopic (exact) mass is 256 g/mol. The summed E-state index contributed by atoms with van der Waals surface area (Å²) in [6.07, 6.45) is 6.98. The minimum Gasteiger partial charge on any atom is -0.329 e. The maximum absolute atomic E-state index is 6.19. The molecule has 100 valence electrons. The Morgan fingerprint density at radius 2 is 2.12 bits per heavy atom. The second-order valence-electron chi connectivity index (χ2n) is 5.76. The molecule has 2 atom stereocenters. The lowest BCUT2D eigenvalue weighted by Crippen LogP contribution is -2.62. The van der Waals surface area contributed by atoms with Crippen LogP contribution in [0.1, 0.15) is 46.0 Å². The average molecular weight is 256 g/mol. The van der Waals surface area contributed by atoms with Gasteiger partial charge in [0.25, 0.3) is 0 Å². The van der Waals surface area contributed by atoms with Crippen molar-refractivity contribution in [3.8, 4) is 0 Å². The van der Waals surface area contributed by atoms with Crippen LogP contribution >= 0.6 is 11.8 Å². The standard InChI is InChI=1S/C14H28N2S/c1-3-16(10-13-6-4-7-13)14(11-15)8-5-9-17-12(14)2/h12-13H,3-11,15H2,1-2H3. The molecule has 2 nitrogen and oxygen atoms in total. The molecule has 1 aliphatic heterocycles. The van der Waals surface area contributed by atoms with Gasteiger partial charge in [0.05, 0.1) is 0 Å². The van der Waals surface area contributed by atoms with Gasteiger partial charge in [-0.25, -0.2) is 0 Å². The lowest BCUT2D eigenvalue weighted by Gasteiger charge is -2.51. The zero-order valence-electron chi connectivity index (χ0n) is 11.5. The molecule has 3 heteroatoms. The molecule has 0 aromatic rings. The van der Waals surface area contributed by atoms with Gasteiger partial charge < -0.3 is 5.73 Å². The first-order chi connectivity index (χ1) is 8.23. The first kappa shape index (κ1) is 13.7. The third-order valence-corrected chi connectivity index (χ3v) is 6.41. The van der Waals surface area contributed by atoms with E-state index in [1.807, 2.05) is 0 Å². The minimum absolute atomic E-state index is 0.285. The van der Waals surface area contributed by atoms with E-state index in [9.17, 15) is 0 Å².